The van der Waals surface area contributed by atoms with Crippen molar-refractivity contribution in [2.75, 3.05) is 26.0 Å². The smallest absolute Gasteiger partial charge is 0.232 e. The monoisotopic (exact) mass is 336 g/mol. The zero-order valence-corrected chi connectivity index (χ0v) is 14.5. The molecule has 0 bridgehead atoms. The zero-order valence-electron chi connectivity index (χ0n) is 14.5. The van der Waals surface area contributed by atoms with Gasteiger partial charge in [0, 0.05) is 12.1 Å². The molecule has 25 heavy (non-hydrogen) atoms. The Balaban J connectivity index is 1.80. The highest BCUT2D eigenvalue weighted by Gasteiger charge is 2.20. The van der Waals surface area contributed by atoms with Crippen LogP contribution in [0.1, 0.15) is 23.1 Å². The Morgan fingerprint density at radius 1 is 1.24 bits per heavy atom. The minimum atomic E-state index is 0.00877. The lowest BCUT2D eigenvalue weighted by Gasteiger charge is -2.22. The SMILES string of the molecule is Cc1ccc(-c2nc(C#N)c(NC[C@H](c3ccco3)N(C)C)o2)cc1. The number of hydrogen-bond donors (Lipinski definition) is 1. The van der Waals surface area contributed by atoms with Crippen LogP contribution in [0, 0.1) is 18.3 Å². The number of furan rings is 1. The third-order valence-corrected chi connectivity index (χ3v) is 3.98. The third kappa shape index (κ3) is 3.73. The number of nitriles is 1. The molecule has 128 valence electrons. The molecule has 0 aliphatic rings. The van der Waals surface area contributed by atoms with E-state index in [0.717, 1.165) is 16.9 Å². The molecule has 0 aliphatic heterocycles. The normalized spacial score (nSPS) is 12.1. The Hall–Kier alpha value is -3.04. The van der Waals surface area contributed by atoms with Crippen LogP contribution in [0.15, 0.2) is 51.5 Å². The highest BCUT2D eigenvalue weighted by molar-refractivity contribution is 5.59. The van der Waals surface area contributed by atoms with Gasteiger partial charge in [0.2, 0.25) is 17.5 Å². The minimum absolute atomic E-state index is 0.00877. The van der Waals surface area contributed by atoms with E-state index in [4.69, 9.17) is 8.83 Å². The van der Waals surface area contributed by atoms with Crippen LogP contribution < -0.4 is 5.32 Å². The molecule has 0 unspecified atom stereocenters. The van der Waals surface area contributed by atoms with Gasteiger partial charge >= 0.3 is 0 Å². The van der Waals surface area contributed by atoms with Gasteiger partial charge in [0.15, 0.2) is 0 Å². The van der Waals surface area contributed by atoms with Crippen molar-refractivity contribution in [2.45, 2.75) is 13.0 Å². The molecule has 6 nitrogen and oxygen atoms in total. The summed E-state index contributed by atoms with van der Waals surface area (Å²) in [5.74, 6) is 1.64. The fourth-order valence-corrected chi connectivity index (χ4v) is 2.54. The molecule has 2 aromatic heterocycles. The second-order valence-electron chi connectivity index (χ2n) is 6.05. The highest BCUT2D eigenvalue weighted by atomic mass is 16.4. The van der Waals surface area contributed by atoms with Gasteiger partial charge in [0.25, 0.3) is 0 Å². The number of anilines is 1. The van der Waals surface area contributed by atoms with Crippen LogP contribution in [0.4, 0.5) is 5.88 Å². The van der Waals surface area contributed by atoms with E-state index >= 15 is 0 Å². The summed E-state index contributed by atoms with van der Waals surface area (Å²) in [6.07, 6.45) is 1.65. The Labute approximate surface area is 146 Å². The van der Waals surface area contributed by atoms with Gasteiger partial charge in [0.1, 0.15) is 11.8 Å². The molecule has 6 heteroatoms. The molecule has 3 rings (SSSR count). The summed E-state index contributed by atoms with van der Waals surface area (Å²) in [5.41, 5.74) is 2.24. The van der Waals surface area contributed by atoms with Gasteiger partial charge in [-0.05, 0) is 45.3 Å². The lowest BCUT2D eigenvalue weighted by atomic mass is 10.1. The lowest BCUT2D eigenvalue weighted by molar-refractivity contribution is 0.268. The zero-order chi connectivity index (χ0) is 17.8. The summed E-state index contributed by atoms with van der Waals surface area (Å²) in [7, 11) is 3.94. The first-order valence-corrected chi connectivity index (χ1v) is 8.00. The molecule has 0 saturated heterocycles. The maximum atomic E-state index is 9.34. The number of likely N-dealkylation sites (N-methyl/N-ethyl adjacent to an activating group) is 1. The van der Waals surface area contributed by atoms with E-state index < -0.39 is 0 Å². The van der Waals surface area contributed by atoms with Crippen LogP contribution >= 0.6 is 0 Å². The van der Waals surface area contributed by atoms with Crippen LogP contribution in [-0.4, -0.2) is 30.5 Å². The summed E-state index contributed by atoms with van der Waals surface area (Å²) in [5, 5.41) is 12.5. The van der Waals surface area contributed by atoms with Crippen LogP contribution in [0.5, 0.6) is 0 Å². The summed E-state index contributed by atoms with van der Waals surface area (Å²) in [6.45, 7) is 2.54. The van der Waals surface area contributed by atoms with Crippen LogP contribution in [-0.2, 0) is 0 Å². The summed E-state index contributed by atoms with van der Waals surface area (Å²) < 4.78 is 11.3. The molecule has 0 fully saturated rings. The molecule has 1 aromatic carbocycles. The molecule has 0 aliphatic carbocycles. The molecule has 0 saturated carbocycles. The first-order valence-electron chi connectivity index (χ1n) is 8.00. The van der Waals surface area contributed by atoms with Crippen molar-refractivity contribution in [1.82, 2.24) is 9.88 Å². The maximum Gasteiger partial charge on any atom is 0.232 e. The maximum absolute atomic E-state index is 9.34. The molecule has 1 N–H and O–H groups in total. The van der Waals surface area contributed by atoms with Gasteiger partial charge in [-0.3, -0.25) is 4.90 Å². The predicted molar refractivity (Wildman–Crippen MR) is 95.0 cm³/mol. The van der Waals surface area contributed by atoms with Crippen molar-refractivity contribution in [2.24, 2.45) is 0 Å². The molecule has 0 spiro atoms. The van der Waals surface area contributed by atoms with Crippen molar-refractivity contribution in [1.29, 1.82) is 5.26 Å². The molecular weight excluding hydrogens is 316 g/mol. The molecule has 2 heterocycles. The van der Waals surface area contributed by atoms with E-state index in [1.165, 1.54) is 0 Å². The van der Waals surface area contributed by atoms with Gasteiger partial charge in [-0.25, -0.2) is 0 Å². The quantitative estimate of drug-likeness (QED) is 0.737. The van der Waals surface area contributed by atoms with Crippen LogP contribution in [0.25, 0.3) is 11.5 Å². The number of aryl methyl sites for hydroxylation is 1. The number of aromatic nitrogens is 1. The second-order valence-corrected chi connectivity index (χ2v) is 6.05. The van der Waals surface area contributed by atoms with Crippen LogP contribution in [0.2, 0.25) is 0 Å². The van der Waals surface area contributed by atoms with Crippen molar-refractivity contribution < 1.29 is 8.83 Å². The fraction of sp³-hybridized carbons (Fsp3) is 0.263. The van der Waals surface area contributed by atoms with Gasteiger partial charge in [0.05, 0.1) is 12.3 Å². The fourth-order valence-electron chi connectivity index (χ4n) is 2.54. The largest absolute Gasteiger partial charge is 0.468 e. The van der Waals surface area contributed by atoms with Crippen LogP contribution in [0.3, 0.4) is 0 Å². The number of rotatable bonds is 6. The molecular formula is C19H20N4O2. The van der Waals surface area contributed by atoms with E-state index in [-0.39, 0.29) is 11.7 Å². The number of oxazole rings is 1. The van der Waals surface area contributed by atoms with Gasteiger partial charge in [-0.2, -0.15) is 10.2 Å². The first kappa shape index (κ1) is 16.8. The lowest BCUT2D eigenvalue weighted by Crippen LogP contribution is -2.26. The van der Waals surface area contributed by atoms with Gasteiger partial charge in [-0.1, -0.05) is 17.7 Å². The number of nitrogens with one attached hydrogen (secondary N) is 1. The minimum Gasteiger partial charge on any atom is -0.468 e. The topological polar surface area (TPSA) is 78.2 Å². The summed E-state index contributed by atoms with van der Waals surface area (Å²) in [6, 6.07) is 13.7. The Kier molecular flexibility index (Phi) is 4.87. The average molecular weight is 336 g/mol. The Bertz CT molecular complexity index is 858. The van der Waals surface area contributed by atoms with Crippen molar-refractivity contribution in [3.05, 3.63) is 59.7 Å². The molecule has 0 radical (unpaired) electrons. The molecule has 3 aromatic rings. The van der Waals surface area contributed by atoms with E-state index in [2.05, 4.69) is 16.4 Å². The average Bonchev–Trinajstić information content (AvgIpc) is 3.25. The highest BCUT2D eigenvalue weighted by Crippen LogP contribution is 2.27. The van der Waals surface area contributed by atoms with Gasteiger partial charge in [-0.15, -0.1) is 0 Å². The summed E-state index contributed by atoms with van der Waals surface area (Å²) >= 11 is 0. The predicted octanol–water partition coefficient (Wildman–Crippen LogP) is 3.83. The van der Waals surface area contributed by atoms with Crippen molar-refractivity contribution in [3.63, 3.8) is 0 Å². The Morgan fingerprint density at radius 3 is 2.60 bits per heavy atom. The number of benzene rings is 1. The third-order valence-electron chi connectivity index (χ3n) is 3.98. The Morgan fingerprint density at radius 2 is 2.00 bits per heavy atom. The molecule has 0 amide bonds. The van der Waals surface area contributed by atoms with Crippen molar-refractivity contribution in [3.8, 4) is 17.5 Å². The van der Waals surface area contributed by atoms with Gasteiger partial charge < -0.3 is 14.2 Å². The first-order chi connectivity index (χ1) is 12.1. The molecule has 1 atom stereocenters. The standard InChI is InChI=1S/C19H20N4O2/c1-13-6-8-14(9-7-13)18-22-15(11-20)19(25-18)21-12-16(23(2)3)17-5-4-10-24-17/h4-10,16,21H,12H2,1-3H3/t16-/m1/s1. The number of hydrogen-bond acceptors (Lipinski definition) is 6. The van der Waals surface area contributed by atoms with E-state index in [9.17, 15) is 5.26 Å². The number of nitrogens with zero attached hydrogens (tertiary/aromatic N) is 3. The second kappa shape index (κ2) is 7.24. The van der Waals surface area contributed by atoms with Crippen molar-refractivity contribution >= 4 is 5.88 Å². The van der Waals surface area contributed by atoms with E-state index in [0.29, 0.717) is 18.3 Å². The summed E-state index contributed by atoms with van der Waals surface area (Å²) in [4.78, 5) is 6.32. The van der Waals surface area contributed by atoms with E-state index in [1.54, 1.807) is 6.26 Å². The van der Waals surface area contributed by atoms with E-state index in [1.807, 2.05) is 62.3 Å².